The Morgan fingerprint density at radius 2 is 0.909 bits per heavy atom. The average Bonchev–Trinajstić information content (AvgIpc) is 2.26. The van der Waals surface area contributed by atoms with E-state index in [-0.39, 0.29) is 0 Å². The predicted octanol–water partition coefficient (Wildman–Crippen LogP) is 4.17. The van der Waals surface area contributed by atoms with Crippen LogP contribution in [0.2, 0.25) is 0 Å². The lowest BCUT2D eigenvalue weighted by Gasteiger charge is -2.40. The van der Waals surface area contributed by atoms with E-state index in [1.165, 1.54) is 0 Å². The lowest BCUT2D eigenvalue weighted by molar-refractivity contribution is -0.423. The standard InChI is InChI=1S/C9H9F12N/c1-4(10,11)6(14,15)8(18,19)9(20,21)7(16,17)5(12,13)2-3-22/h2-3,22H2,1H3. The third-order valence-electron chi connectivity index (χ3n) is 2.65. The van der Waals surface area contributed by atoms with E-state index in [2.05, 4.69) is 5.73 Å². The zero-order chi connectivity index (χ0) is 18.4. The van der Waals surface area contributed by atoms with E-state index < -0.39 is 55.4 Å². The van der Waals surface area contributed by atoms with Gasteiger partial charge in [0, 0.05) is 13.3 Å². The number of nitrogens with two attached hydrogens (primary N) is 1. The molecule has 0 bridgehead atoms. The van der Waals surface area contributed by atoms with Crippen LogP contribution in [-0.2, 0) is 0 Å². The number of alkyl halides is 12. The highest BCUT2D eigenvalue weighted by Gasteiger charge is 2.89. The topological polar surface area (TPSA) is 26.0 Å². The molecule has 0 amide bonds. The fourth-order valence-electron chi connectivity index (χ4n) is 1.24. The van der Waals surface area contributed by atoms with E-state index in [1.807, 2.05) is 0 Å². The molecule has 0 aliphatic rings. The molecule has 0 fully saturated rings. The minimum atomic E-state index is -7.48. The van der Waals surface area contributed by atoms with Crippen LogP contribution in [0.3, 0.4) is 0 Å². The minimum absolute atomic E-state index is 0.951. The van der Waals surface area contributed by atoms with E-state index in [0.29, 0.717) is 0 Å². The minimum Gasteiger partial charge on any atom is -0.330 e. The van der Waals surface area contributed by atoms with Crippen molar-refractivity contribution in [1.82, 2.24) is 0 Å². The van der Waals surface area contributed by atoms with Gasteiger partial charge in [0.05, 0.1) is 0 Å². The molecule has 0 radical (unpaired) electrons. The van der Waals surface area contributed by atoms with Crippen molar-refractivity contribution in [2.75, 3.05) is 6.54 Å². The molecule has 13 heteroatoms. The van der Waals surface area contributed by atoms with Gasteiger partial charge in [-0.2, -0.15) is 52.7 Å². The van der Waals surface area contributed by atoms with Crippen LogP contribution in [0.4, 0.5) is 52.7 Å². The average molecular weight is 359 g/mol. The monoisotopic (exact) mass is 359 g/mol. The largest absolute Gasteiger partial charge is 0.384 e. The van der Waals surface area contributed by atoms with Crippen molar-refractivity contribution in [3.63, 3.8) is 0 Å². The van der Waals surface area contributed by atoms with E-state index in [0.717, 1.165) is 0 Å². The van der Waals surface area contributed by atoms with Crippen LogP contribution in [0.1, 0.15) is 13.3 Å². The molecule has 0 aromatic heterocycles. The summed E-state index contributed by atoms with van der Waals surface area (Å²) in [5.41, 5.74) is 4.40. The van der Waals surface area contributed by atoms with Crippen LogP contribution in [0.15, 0.2) is 0 Å². The van der Waals surface area contributed by atoms with Gasteiger partial charge in [0.15, 0.2) is 0 Å². The summed E-state index contributed by atoms with van der Waals surface area (Å²) in [6.07, 6.45) is -2.26. The highest BCUT2D eigenvalue weighted by atomic mass is 19.4. The molecule has 0 saturated carbocycles. The van der Waals surface area contributed by atoms with Gasteiger partial charge >= 0.3 is 35.5 Å². The quantitative estimate of drug-likeness (QED) is 0.679. The Bertz CT molecular complexity index is 396. The smallest absolute Gasteiger partial charge is 0.330 e. The van der Waals surface area contributed by atoms with Gasteiger partial charge in [-0.1, -0.05) is 0 Å². The Balaban J connectivity index is 6.11. The SMILES string of the molecule is CC(F)(F)C(F)(F)C(F)(F)C(F)(F)C(F)(F)C(F)(F)CCN. The summed E-state index contributed by atoms with van der Waals surface area (Å²) in [6.45, 7) is -2.34. The van der Waals surface area contributed by atoms with Crippen LogP contribution in [-0.4, -0.2) is 42.1 Å². The van der Waals surface area contributed by atoms with E-state index >= 15 is 0 Å². The number of rotatable bonds is 7. The summed E-state index contributed by atoms with van der Waals surface area (Å²) < 4.78 is 154. The summed E-state index contributed by atoms with van der Waals surface area (Å²) in [5, 5.41) is 0. The van der Waals surface area contributed by atoms with Gasteiger partial charge in [-0.3, -0.25) is 0 Å². The number of hydrogen-bond donors (Lipinski definition) is 1. The maximum atomic E-state index is 13.0. The first-order valence-electron chi connectivity index (χ1n) is 5.28. The molecule has 0 rings (SSSR count). The van der Waals surface area contributed by atoms with E-state index in [9.17, 15) is 52.7 Å². The summed E-state index contributed by atoms with van der Waals surface area (Å²) in [7, 11) is 0. The number of halogens is 12. The molecule has 1 nitrogen and oxygen atoms in total. The third-order valence-corrected chi connectivity index (χ3v) is 2.65. The summed E-state index contributed by atoms with van der Waals surface area (Å²) in [5.74, 6) is -40.9. The van der Waals surface area contributed by atoms with Crippen LogP contribution in [0, 0.1) is 0 Å². The second-order valence-electron chi connectivity index (χ2n) is 4.43. The Labute approximate surface area is 115 Å². The normalized spacial score (nSPS) is 16.1. The fraction of sp³-hybridized carbons (Fsp3) is 1.00. The van der Waals surface area contributed by atoms with Crippen molar-refractivity contribution in [3.05, 3.63) is 0 Å². The van der Waals surface area contributed by atoms with Gasteiger partial charge < -0.3 is 5.73 Å². The van der Waals surface area contributed by atoms with Crippen molar-refractivity contribution in [3.8, 4) is 0 Å². The molecule has 0 aliphatic heterocycles. The molecule has 2 N–H and O–H groups in total. The lowest BCUT2D eigenvalue weighted by atomic mass is 9.91. The molecular formula is C9H9F12N. The highest BCUT2D eigenvalue weighted by Crippen LogP contribution is 2.60. The molecule has 0 atom stereocenters. The highest BCUT2D eigenvalue weighted by molar-refractivity contribution is 5.10. The molecule has 0 heterocycles. The summed E-state index contributed by atoms with van der Waals surface area (Å²) in [6, 6.07) is 0. The van der Waals surface area contributed by atoms with Crippen LogP contribution < -0.4 is 5.73 Å². The van der Waals surface area contributed by atoms with Gasteiger partial charge in [0.25, 0.3) is 0 Å². The first-order valence-corrected chi connectivity index (χ1v) is 5.28. The van der Waals surface area contributed by atoms with Crippen LogP contribution >= 0.6 is 0 Å². The Hall–Kier alpha value is -0.880. The Morgan fingerprint density at radius 3 is 1.18 bits per heavy atom. The van der Waals surface area contributed by atoms with E-state index in [1.54, 1.807) is 0 Å². The lowest BCUT2D eigenvalue weighted by Crippen LogP contribution is -2.70. The summed E-state index contributed by atoms with van der Waals surface area (Å²) in [4.78, 5) is 0. The van der Waals surface area contributed by atoms with Crippen molar-refractivity contribution in [1.29, 1.82) is 0 Å². The number of hydrogen-bond acceptors (Lipinski definition) is 1. The van der Waals surface area contributed by atoms with Gasteiger partial charge in [0.2, 0.25) is 0 Å². The van der Waals surface area contributed by atoms with Crippen molar-refractivity contribution < 1.29 is 52.7 Å². The first kappa shape index (κ1) is 21.1. The molecule has 0 unspecified atom stereocenters. The second kappa shape index (κ2) is 5.34. The molecule has 0 aromatic rings. The van der Waals surface area contributed by atoms with Crippen molar-refractivity contribution in [2.24, 2.45) is 5.73 Å². The molecule has 0 saturated heterocycles. The summed E-state index contributed by atoms with van der Waals surface area (Å²) >= 11 is 0. The van der Waals surface area contributed by atoms with Gasteiger partial charge in [-0.05, 0) is 6.54 Å². The zero-order valence-corrected chi connectivity index (χ0v) is 10.5. The van der Waals surface area contributed by atoms with Crippen LogP contribution in [0.5, 0.6) is 0 Å². The Morgan fingerprint density at radius 1 is 0.591 bits per heavy atom. The van der Waals surface area contributed by atoms with Crippen LogP contribution in [0.25, 0.3) is 0 Å². The van der Waals surface area contributed by atoms with Crippen molar-refractivity contribution in [2.45, 2.75) is 48.9 Å². The van der Waals surface area contributed by atoms with Gasteiger partial charge in [-0.15, -0.1) is 0 Å². The molecule has 134 valence electrons. The maximum Gasteiger partial charge on any atom is 0.384 e. The predicted molar refractivity (Wildman–Crippen MR) is 49.0 cm³/mol. The maximum absolute atomic E-state index is 13.0. The molecule has 22 heavy (non-hydrogen) atoms. The molecular weight excluding hydrogens is 350 g/mol. The van der Waals surface area contributed by atoms with Gasteiger partial charge in [-0.25, -0.2) is 0 Å². The molecule has 0 aromatic carbocycles. The Kier molecular flexibility index (Phi) is 5.12. The third kappa shape index (κ3) is 2.71. The second-order valence-corrected chi connectivity index (χ2v) is 4.43. The fourth-order valence-corrected chi connectivity index (χ4v) is 1.24. The first-order chi connectivity index (χ1) is 9.31. The molecule has 0 aliphatic carbocycles. The van der Waals surface area contributed by atoms with E-state index in [4.69, 9.17) is 0 Å². The zero-order valence-electron chi connectivity index (χ0n) is 10.5. The van der Waals surface area contributed by atoms with Crippen molar-refractivity contribution >= 4 is 0 Å². The molecule has 0 spiro atoms. The van der Waals surface area contributed by atoms with Gasteiger partial charge in [0.1, 0.15) is 0 Å².